The number of aliphatic imine (C=N–C) groups is 3. The molecule has 2 fully saturated rings. The van der Waals surface area contributed by atoms with Crippen LogP contribution in [0.5, 0.6) is 0 Å². The number of nitrogens with zero attached hydrogens (tertiary/aromatic N) is 5. The molecule has 2 saturated heterocycles. The van der Waals surface area contributed by atoms with E-state index in [0.29, 0.717) is 51.6 Å². The SMILES string of the molecule is NC(N)=NCCC[C@H](NC(=O)CNC(=O)[C@H](CCCN=C(N)N)NC(=O)[C@@H]1CCCN1C(=O)[C@@H]1CCCN1C(=O)[C@@H](N)CCCN=C(N)N)C(=O)O. The molecule has 0 radical (unpaired) electrons. The van der Waals surface area contributed by atoms with Crippen LogP contribution in [-0.2, 0) is 28.8 Å². The van der Waals surface area contributed by atoms with E-state index >= 15 is 0 Å². The van der Waals surface area contributed by atoms with Gasteiger partial charge in [0, 0.05) is 32.7 Å². The van der Waals surface area contributed by atoms with E-state index in [9.17, 15) is 33.9 Å². The van der Waals surface area contributed by atoms with Gasteiger partial charge in [0.2, 0.25) is 29.5 Å². The van der Waals surface area contributed by atoms with E-state index in [1.807, 2.05) is 0 Å². The minimum Gasteiger partial charge on any atom is -0.480 e. The topological polar surface area (TPSA) is 384 Å². The van der Waals surface area contributed by atoms with E-state index < -0.39 is 60.4 Å². The van der Waals surface area contributed by atoms with Crippen LogP contribution in [0.1, 0.15) is 64.2 Å². The Hall–Kier alpha value is -5.41. The molecule has 2 heterocycles. The van der Waals surface area contributed by atoms with Crippen molar-refractivity contribution in [2.24, 2.45) is 55.1 Å². The fourth-order valence-electron chi connectivity index (χ4n) is 5.97. The van der Waals surface area contributed by atoms with Crippen molar-refractivity contribution < 1.29 is 33.9 Å². The molecule has 0 unspecified atom stereocenters. The lowest BCUT2D eigenvalue weighted by Gasteiger charge is -2.32. The number of amides is 5. The van der Waals surface area contributed by atoms with Gasteiger partial charge in [0.1, 0.15) is 24.2 Å². The van der Waals surface area contributed by atoms with Crippen LogP contribution in [-0.4, -0.2) is 138 Å². The molecule has 0 bridgehead atoms. The maximum absolute atomic E-state index is 13.8. The lowest BCUT2D eigenvalue weighted by Crippen LogP contribution is -2.57. The van der Waals surface area contributed by atoms with Gasteiger partial charge in [-0.1, -0.05) is 0 Å². The zero-order chi connectivity index (χ0) is 38.8. The number of guanidine groups is 3. The summed E-state index contributed by atoms with van der Waals surface area (Å²) in [6.45, 7) is 0.671. The molecular weight excluding hydrogens is 682 g/mol. The van der Waals surface area contributed by atoms with Gasteiger partial charge in [-0.25, -0.2) is 4.79 Å². The van der Waals surface area contributed by atoms with Gasteiger partial charge in [-0.15, -0.1) is 0 Å². The van der Waals surface area contributed by atoms with E-state index in [2.05, 4.69) is 30.9 Å². The van der Waals surface area contributed by atoms with Crippen LogP contribution in [0.25, 0.3) is 0 Å². The standard InChI is InChI=1S/C30H55N15O7/c31-17(6-1-11-38-28(32)33)25(49)45-15-5-10-21(45)26(50)44-14-4-9-20(44)24(48)43-18(7-2-12-39-29(34)35)23(47)41-16-22(46)42-19(27(51)52)8-3-13-40-30(36)37/h17-21H,1-16,31H2,(H,41,47)(H,42,46)(H,43,48)(H,51,52)(H4,32,33,38)(H4,34,35,39)(H4,36,37,40)/t17-,18-,19-,20-,21-/m0/s1. The summed E-state index contributed by atoms with van der Waals surface area (Å²) >= 11 is 0. The van der Waals surface area contributed by atoms with Crippen LogP contribution in [0.4, 0.5) is 0 Å². The van der Waals surface area contributed by atoms with E-state index in [0.717, 1.165) is 0 Å². The van der Waals surface area contributed by atoms with E-state index in [4.69, 9.17) is 40.1 Å². The summed E-state index contributed by atoms with van der Waals surface area (Å²) in [5.41, 5.74) is 38.2. The average molecular weight is 738 g/mol. The molecule has 5 atom stereocenters. The molecule has 22 nitrogen and oxygen atoms in total. The maximum Gasteiger partial charge on any atom is 0.326 e. The van der Waals surface area contributed by atoms with Crippen LogP contribution in [0, 0.1) is 0 Å². The van der Waals surface area contributed by atoms with Crippen LogP contribution < -0.4 is 56.1 Å². The first-order valence-electron chi connectivity index (χ1n) is 17.2. The molecule has 18 N–H and O–H groups in total. The molecule has 2 aliphatic rings. The number of carboxylic acids is 1. The highest BCUT2D eigenvalue weighted by Gasteiger charge is 2.43. The van der Waals surface area contributed by atoms with Crippen LogP contribution in [0.2, 0.25) is 0 Å². The number of hydrogen-bond donors (Lipinski definition) is 11. The Labute approximate surface area is 301 Å². The zero-order valence-corrected chi connectivity index (χ0v) is 29.4. The van der Waals surface area contributed by atoms with Crippen molar-refractivity contribution in [2.45, 2.75) is 94.4 Å². The van der Waals surface area contributed by atoms with Gasteiger partial charge in [0.15, 0.2) is 17.9 Å². The maximum atomic E-state index is 13.8. The molecule has 22 heteroatoms. The summed E-state index contributed by atoms with van der Waals surface area (Å²) < 4.78 is 0. The number of nitrogens with two attached hydrogens (primary N) is 7. The predicted molar refractivity (Wildman–Crippen MR) is 192 cm³/mol. The van der Waals surface area contributed by atoms with E-state index in [1.54, 1.807) is 0 Å². The van der Waals surface area contributed by atoms with Crippen molar-refractivity contribution in [3.8, 4) is 0 Å². The van der Waals surface area contributed by atoms with E-state index in [1.165, 1.54) is 9.80 Å². The summed E-state index contributed by atoms with van der Waals surface area (Å²) in [5, 5.41) is 16.9. The number of hydrogen-bond acceptors (Lipinski definition) is 10. The second-order valence-corrected chi connectivity index (χ2v) is 12.6. The van der Waals surface area contributed by atoms with Crippen molar-refractivity contribution in [2.75, 3.05) is 39.3 Å². The summed E-state index contributed by atoms with van der Waals surface area (Å²) in [6, 6.07) is -4.96. The number of aliphatic carboxylic acids is 1. The third kappa shape index (κ3) is 14.4. The minimum atomic E-state index is -1.28. The number of carbonyl (C=O) groups excluding carboxylic acids is 5. The number of likely N-dealkylation sites (tertiary alicyclic amines) is 2. The smallest absolute Gasteiger partial charge is 0.326 e. The molecule has 292 valence electrons. The molecule has 2 rings (SSSR count). The highest BCUT2D eigenvalue weighted by atomic mass is 16.4. The first kappa shape index (κ1) is 42.8. The molecule has 0 aromatic heterocycles. The molecule has 5 amide bonds. The van der Waals surface area contributed by atoms with Gasteiger partial charge >= 0.3 is 5.97 Å². The number of carboxylic acid groups (broad SMARTS) is 1. The van der Waals surface area contributed by atoms with Gasteiger partial charge in [0.25, 0.3) is 0 Å². The van der Waals surface area contributed by atoms with Gasteiger partial charge < -0.3 is 71.0 Å². The summed E-state index contributed by atoms with van der Waals surface area (Å²) in [6.07, 6.45) is 3.29. The summed E-state index contributed by atoms with van der Waals surface area (Å²) in [4.78, 5) is 92.5. The first-order valence-corrected chi connectivity index (χ1v) is 17.2. The van der Waals surface area contributed by atoms with Crippen LogP contribution >= 0.6 is 0 Å². The Bertz CT molecular complexity index is 1350. The van der Waals surface area contributed by atoms with Crippen LogP contribution in [0.3, 0.4) is 0 Å². The quantitative estimate of drug-likeness (QED) is 0.0298. The molecule has 52 heavy (non-hydrogen) atoms. The molecule has 0 aromatic rings. The highest BCUT2D eigenvalue weighted by molar-refractivity contribution is 5.96. The van der Waals surface area contributed by atoms with Crippen molar-refractivity contribution in [1.82, 2.24) is 25.8 Å². The average Bonchev–Trinajstić information content (AvgIpc) is 3.78. The monoisotopic (exact) mass is 737 g/mol. The van der Waals surface area contributed by atoms with Gasteiger partial charge in [0.05, 0.1) is 12.6 Å². The molecule has 0 saturated carbocycles. The van der Waals surface area contributed by atoms with Crippen molar-refractivity contribution in [3.63, 3.8) is 0 Å². The molecule has 0 aliphatic carbocycles. The Morgan fingerprint density at radius 3 is 1.73 bits per heavy atom. The third-order valence-corrected chi connectivity index (χ3v) is 8.52. The molecule has 0 aromatic carbocycles. The Kier molecular flexibility index (Phi) is 17.9. The lowest BCUT2D eigenvalue weighted by atomic mass is 10.1. The summed E-state index contributed by atoms with van der Waals surface area (Å²) in [5.74, 6) is -4.47. The summed E-state index contributed by atoms with van der Waals surface area (Å²) in [7, 11) is 0. The fourth-order valence-corrected chi connectivity index (χ4v) is 5.97. The first-order chi connectivity index (χ1) is 24.6. The number of carbonyl (C=O) groups is 6. The normalized spacial score (nSPS) is 18.3. The predicted octanol–water partition coefficient (Wildman–Crippen LogP) is -5.37. The molecule has 2 aliphatic heterocycles. The van der Waals surface area contributed by atoms with Gasteiger partial charge in [-0.3, -0.25) is 38.9 Å². The van der Waals surface area contributed by atoms with E-state index in [-0.39, 0.29) is 75.0 Å². The fraction of sp³-hybridized carbons (Fsp3) is 0.700. The van der Waals surface area contributed by atoms with Gasteiger partial charge in [-0.05, 0) is 64.2 Å². The molecular formula is C30H55N15O7. The van der Waals surface area contributed by atoms with Crippen LogP contribution in [0.15, 0.2) is 15.0 Å². The van der Waals surface area contributed by atoms with Gasteiger partial charge in [-0.2, -0.15) is 0 Å². The Morgan fingerprint density at radius 2 is 1.19 bits per heavy atom. The lowest BCUT2D eigenvalue weighted by molar-refractivity contribution is -0.147. The number of rotatable bonds is 21. The van der Waals surface area contributed by atoms with Crippen molar-refractivity contribution in [1.29, 1.82) is 0 Å². The van der Waals surface area contributed by atoms with Crippen molar-refractivity contribution in [3.05, 3.63) is 0 Å². The largest absolute Gasteiger partial charge is 0.480 e. The Morgan fingerprint density at radius 1 is 0.692 bits per heavy atom. The second-order valence-electron chi connectivity index (χ2n) is 12.6. The highest BCUT2D eigenvalue weighted by Crippen LogP contribution is 2.26. The molecule has 0 spiro atoms. The third-order valence-electron chi connectivity index (χ3n) is 8.52. The second kappa shape index (κ2) is 21.7. The minimum absolute atomic E-state index is 0.0339. The Balaban J connectivity index is 2.06. The number of nitrogens with one attached hydrogen (secondary N) is 3. The van der Waals surface area contributed by atoms with Crippen molar-refractivity contribution >= 4 is 53.4 Å². The zero-order valence-electron chi connectivity index (χ0n) is 29.4.